The van der Waals surface area contributed by atoms with Crippen molar-refractivity contribution in [2.45, 2.75) is 26.7 Å². The quantitative estimate of drug-likeness (QED) is 0.789. The molecule has 108 valence electrons. The number of aromatic nitrogens is 3. The third-order valence-corrected chi connectivity index (χ3v) is 4.16. The normalized spacial score (nSPS) is 11.4. The fourth-order valence-corrected chi connectivity index (χ4v) is 2.95. The summed E-state index contributed by atoms with van der Waals surface area (Å²) in [4.78, 5) is 15.4. The van der Waals surface area contributed by atoms with Crippen LogP contribution in [0.4, 0.5) is 0 Å². The van der Waals surface area contributed by atoms with E-state index in [9.17, 15) is 4.79 Å². The van der Waals surface area contributed by atoms with Gasteiger partial charge in [0.05, 0.1) is 5.52 Å². The second-order valence-electron chi connectivity index (χ2n) is 5.05. The van der Waals surface area contributed by atoms with E-state index in [2.05, 4.69) is 26.0 Å². The molecule has 0 aliphatic heterocycles. The Hall–Kier alpha value is -1.95. The van der Waals surface area contributed by atoms with Gasteiger partial charge in [-0.15, -0.1) is 0 Å². The van der Waals surface area contributed by atoms with Gasteiger partial charge in [0, 0.05) is 27.7 Å². The van der Waals surface area contributed by atoms with Crippen LogP contribution >= 0.6 is 15.9 Å². The van der Waals surface area contributed by atoms with Gasteiger partial charge in [-0.05, 0) is 44.0 Å². The zero-order valence-electron chi connectivity index (χ0n) is 11.7. The van der Waals surface area contributed by atoms with Gasteiger partial charge in [-0.2, -0.15) is 5.10 Å². The molecule has 5 nitrogen and oxygen atoms in total. The molecule has 3 aromatic rings. The molecule has 0 bridgehead atoms. The summed E-state index contributed by atoms with van der Waals surface area (Å²) in [5.74, 6) is -0.802. The highest BCUT2D eigenvalue weighted by molar-refractivity contribution is 9.10. The highest BCUT2D eigenvalue weighted by atomic mass is 79.9. The minimum absolute atomic E-state index is 0.0984. The molecular formula is C15H14BrN3O2. The molecule has 0 aliphatic carbocycles. The fourth-order valence-electron chi connectivity index (χ4n) is 2.60. The van der Waals surface area contributed by atoms with E-state index in [4.69, 9.17) is 5.11 Å². The summed E-state index contributed by atoms with van der Waals surface area (Å²) >= 11 is 3.44. The van der Waals surface area contributed by atoms with Crippen LogP contribution < -0.4 is 0 Å². The van der Waals surface area contributed by atoms with Crippen molar-refractivity contribution in [1.82, 2.24) is 14.6 Å². The average Bonchev–Trinajstić information content (AvgIpc) is 2.76. The van der Waals surface area contributed by atoms with Crippen molar-refractivity contribution in [3.8, 4) is 0 Å². The van der Waals surface area contributed by atoms with Gasteiger partial charge in [0.2, 0.25) is 0 Å². The summed E-state index contributed by atoms with van der Waals surface area (Å²) in [6.45, 7) is 3.88. The molecule has 6 heteroatoms. The number of nitrogens with zero attached hydrogens (tertiary/aromatic N) is 3. The second-order valence-corrected chi connectivity index (χ2v) is 5.97. The van der Waals surface area contributed by atoms with Crippen LogP contribution in [0.2, 0.25) is 0 Å². The predicted octanol–water partition coefficient (Wildman–Crippen LogP) is 3.28. The van der Waals surface area contributed by atoms with Gasteiger partial charge in [0.1, 0.15) is 0 Å². The Balaban J connectivity index is 2.24. The molecule has 0 aliphatic rings. The molecule has 21 heavy (non-hydrogen) atoms. The number of fused-ring (bicyclic) bond motifs is 3. The Labute approximate surface area is 129 Å². The number of carboxylic acids is 1. The van der Waals surface area contributed by atoms with Crippen molar-refractivity contribution in [1.29, 1.82) is 0 Å². The third-order valence-electron chi connectivity index (χ3n) is 3.66. The van der Waals surface area contributed by atoms with E-state index in [1.54, 1.807) is 4.52 Å². The van der Waals surface area contributed by atoms with Gasteiger partial charge >= 0.3 is 5.97 Å². The van der Waals surface area contributed by atoms with Gasteiger partial charge in [-0.25, -0.2) is 9.50 Å². The maximum absolute atomic E-state index is 10.8. The van der Waals surface area contributed by atoms with Crippen molar-refractivity contribution < 1.29 is 9.90 Å². The topological polar surface area (TPSA) is 67.5 Å². The number of carboxylic acid groups (broad SMARTS) is 1. The molecule has 0 saturated carbocycles. The summed E-state index contributed by atoms with van der Waals surface area (Å²) in [5.41, 5.74) is 4.45. The number of halogens is 1. The minimum Gasteiger partial charge on any atom is -0.481 e. The van der Waals surface area contributed by atoms with Crippen molar-refractivity contribution >= 4 is 38.4 Å². The van der Waals surface area contributed by atoms with Gasteiger partial charge < -0.3 is 5.11 Å². The Morgan fingerprint density at radius 1 is 1.38 bits per heavy atom. The zero-order valence-corrected chi connectivity index (χ0v) is 13.3. The summed E-state index contributed by atoms with van der Waals surface area (Å²) in [6.07, 6.45) is 0.567. The van der Waals surface area contributed by atoms with Crippen LogP contribution in [0.3, 0.4) is 0 Å². The summed E-state index contributed by atoms with van der Waals surface area (Å²) in [5, 5.41) is 14.4. The van der Waals surface area contributed by atoms with E-state index in [0.29, 0.717) is 6.42 Å². The molecule has 0 atom stereocenters. The SMILES string of the molecule is Cc1nc2c3ccc(Br)cc3nn2c(C)c1CCC(=O)O. The minimum atomic E-state index is -0.802. The van der Waals surface area contributed by atoms with Crippen LogP contribution in [0.15, 0.2) is 22.7 Å². The van der Waals surface area contributed by atoms with Crippen LogP contribution in [0.1, 0.15) is 23.4 Å². The molecule has 2 aromatic heterocycles. The maximum atomic E-state index is 10.8. The highest BCUT2D eigenvalue weighted by Crippen LogP contribution is 2.25. The summed E-state index contributed by atoms with van der Waals surface area (Å²) in [6, 6.07) is 5.91. The molecule has 0 amide bonds. The predicted molar refractivity (Wildman–Crippen MR) is 83.6 cm³/mol. The highest BCUT2D eigenvalue weighted by Gasteiger charge is 2.14. The van der Waals surface area contributed by atoms with Crippen molar-refractivity contribution in [2.24, 2.45) is 0 Å². The van der Waals surface area contributed by atoms with Crippen LogP contribution in [0, 0.1) is 13.8 Å². The monoisotopic (exact) mass is 347 g/mol. The Kier molecular flexibility index (Phi) is 3.41. The average molecular weight is 348 g/mol. The lowest BCUT2D eigenvalue weighted by Crippen LogP contribution is -2.07. The number of aliphatic carboxylic acids is 1. The largest absolute Gasteiger partial charge is 0.481 e. The first-order valence-corrected chi connectivity index (χ1v) is 7.42. The van der Waals surface area contributed by atoms with Crippen molar-refractivity contribution in [3.63, 3.8) is 0 Å². The van der Waals surface area contributed by atoms with Crippen LogP contribution in [-0.2, 0) is 11.2 Å². The molecule has 2 heterocycles. The lowest BCUT2D eigenvalue weighted by Gasteiger charge is -2.09. The van der Waals surface area contributed by atoms with E-state index in [-0.39, 0.29) is 6.42 Å². The van der Waals surface area contributed by atoms with Gasteiger partial charge in [0.25, 0.3) is 0 Å². The fraction of sp³-hybridized carbons (Fsp3) is 0.267. The van der Waals surface area contributed by atoms with Crippen molar-refractivity contribution in [3.05, 3.63) is 39.6 Å². The smallest absolute Gasteiger partial charge is 0.303 e. The van der Waals surface area contributed by atoms with Crippen molar-refractivity contribution in [2.75, 3.05) is 0 Å². The van der Waals surface area contributed by atoms with E-state index < -0.39 is 5.97 Å². The molecule has 0 spiro atoms. The van der Waals surface area contributed by atoms with E-state index in [1.165, 1.54) is 0 Å². The Morgan fingerprint density at radius 2 is 2.14 bits per heavy atom. The van der Waals surface area contributed by atoms with Gasteiger partial charge in [-0.3, -0.25) is 4.79 Å². The van der Waals surface area contributed by atoms with Gasteiger partial charge in [0.15, 0.2) is 5.65 Å². The lowest BCUT2D eigenvalue weighted by molar-refractivity contribution is -0.136. The molecule has 0 saturated heterocycles. The molecular weight excluding hydrogens is 334 g/mol. The van der Waals surface area contributed by atoms with E-state index >= 15 is 0 Å². The number of hydrogen-bond acceptors (Lipinski definition) is 3. The van der Waals surface area contributed by atoms with Crippen LogP contribution in [0.5, 0.6) is 0 Å². The van der Waals surface area contributed by atoms with Crippen LogP contribution in [0.25, 0.3) is 16.6 Å². The molecule has 1 N–H and O–H groups in total. The number of hydrogen-bond donors (Lipinski definition) is 1. The Morgan fingerprint density at radius 3 is 2.86 bits per heavy atom. The van der Waals surface area contributed by atoms with Crippen LogP contribution in [-0.4, -0.2) is 25.7 Å². The first-order chi connectivity index (χ1) is 9.97. The maximum Gasteiger partial charge on any atom is 0.303 e. The Bertz CT molecular complexity index is 870. The number of aryl methyl sites for hydroxylation is 2. The summed E-state index contributed by atoms with van der Waals surface area (Å²) in [7, 11) is 0. The van der Waals surface area contributed by atoms with E-state index in [1.807, 2.05) is 32.0 Å². The molecule has 0 fully saturated rings. The zero-order chi connectivity index (χ0) is 15.1. The molecule has 0 radical (unpaired) electrons. The first-order valence-electron chi connectivity index (χ1n) is 6.63. The van der Waals surface area contributed by atoms with Gasteiger partial charge in [-0.1, -0.05) is 15.9 Å². The first kappa shape index (κ1) is 14.0. The number of benzene rings is 1. The number of rotatable bonds is 3. The molecule has 3 rings (SSSR count). The standard InChI is InChI=1S/C15H14BrN3O2/c1-8-11(5-6-14(20)21)9(2)19-15(17-8)12-4-3-10(16)7-13(12)18-19/h3-4,7H,5-6H2,1-2H3,(H,20,21). The molecule has 1 aromatic carbocycles. The number of carbonyl (C=O) groups is 1. The van der Waals surface area contributed by atoms with E-state index in [0.717, 1.165) is 38.0 Å². The molecule has 0 unspecified atom stereocenters. The second kappa shape index (κ2) is 5.11. The summed E-state index contributed by atoms with van der Waals surface area (Å²) < 4.78 is 2.78. The lowest BCUT2D eigenvalue weighted by atomic mass is 10.1. The third kappa shape index (κ3) is 2.40.